The summed E-state index contributed by atoms with van der Waals surface area (Å²) in [5.41, 5.74) is 0.769. The number of anilines is 2. The molecule has 0 amide bonds. The van der Waals surface area contributed by atoms with Crippen molar-refractivity contribution < 1.29 is 21.6 Å². The maximum Gasteiger partial charge on any atom is 0.261 e. The van der Waals surface area contributed by atoms with E-state index in [4.69, 9.17) is 4.74 Å². The number of hydrogen-bond donors (Lipinski definition) is 1. The Morgan fingerprint density at radius 2 is 1.52 bits per heavy atom. The molecule has 0 saturated heterocycles. The Labute approximate surface area is 148 Å². The van der Waals surface area contributed by atoms with Crippen molar-refractivity contribution in [1.82, 2.24) is 0 Å². The molecule has 2 rings (SSSR count). The molecule has 9 heteroatoms. The number of rotatable bonds is 7. The van der Waals surface area contributed by atoms with Gasteiger partial charge in [0, 0.05) is 12.7 Å². The van der Waals surface area contributed by atoms with Gasteiger partial charge in [-0.05, 0) is 55.5 Å². The van der Waals surface area contributed by atoms with Crippen molar-refractivity contribution in [3.05, 3.63) is 48.5 Å². The van der Waals surface area contributed by atoms with Crippen LogP contribution < -0.4 is 13.8 Å². The van der Waals surface area contributed by atoms with Crippen LogP contribution in [0.1, 0.15) is 6.92 Å². The Bertz CT molecular complexity index is 921. The van der Waals surface area contributed by atoms with E-state index < -0.39 is 20.0 Å². The second-order valence-corrected chi connectivity index (χ2v) is 8.98. The summed E-state index contributed by atoms with van der Waals surface area (Å²) in [4.78, 5) is 0.105. The highest BCUT2D eigenvalue weighted by Gasteiger charge is 2.15. The van der Waals surface area contributed by atoms with Crippen molar-refractivity contribution in [2.45, 2.75) is 11.8 Å². The Kier molecular flexibility index (Phi) is 5.58. The third kappa shape index (κ3) is 4.86. The molecule has 25 heavy (non-hydrogen) atoms. The number of sulfonamides is 2. The smallest absolute Gasteiger partial charge is 0.261 e. The molecule has 0 spiro atoms. The predicted octanol–water partition coefficient (Wildman–Crippen LogP) is 2.28. The summed E-state index contributed by atoms with van der Waals surface area (Å²) in [6.45, 7) is 2.34. The Morgan fingerprint density at radius 1 is 0.960 bits per heavy atom. The highest BCUT2D eigenvalue weighted by molar-refractivity contribution is 7.92. The third-order valence-electron chi connectivity index (χ3n) is 3.43. The molecule has 2 aromatic rings. The SMILES string of the molecule is CCOc1ccc(S(=O)(=O)Nc2ccc(N(C)S(C)(=O)=O)cc2)cc1. The van der Waals surface area contributed by atoms with Crippen molar-refractivity contribution in [1.29, 1.82) is 0 Å². The van der Waals surface area contributed by atoms with Crippen LogP contribution in [-0.2, 0) is 20.0 Å². The fourth-order valence-corrected chi connectivity index (χ4v) is 3.59. The first kappa shape index (κ1) is 19.1. The number of nitrogens with one attached hydrogen (secondary N) is 1. The summed E-state index contributed by atoms with van der Waals surface area (Å²) in [5, 5.41) is 0. The quantitative estimate of drug-likeness (QED) is 0.791. The molecule has 7 nitrogen and oxygen atoms in total. The van der Waals surface area contributed by atoms with Crippen molar-refractivity contribution >= 4 is 31.4 Å². The average Bonchev–Trinajstić information content (AvgIpc) is 2.54. The van der Waals surface area contributed by atoms with E-state index in [1.807, 2.05) is 6.92 Å². The van der Waals surface area contributed by atoms with Gasteiger partial charge in [0.1, 0.15) is 5.75 Å². The molecule has 2 aromatic carbocycles. The Morgan fingerprint density at radius 3 is 2.00 bits per heavy atom. The molecule has 0 aliphatic heterocycles. The standard InChI is InChI=1S/C16H20N2O5S2/c1-4-23-15-9-11-16(12-10-15)25(21,22)17-13-5-7-14(8-6-13)18(2)24(3,19)20/h5-12,17H,4H2,1-3H3. The van der Waals surface area contributed by atoms with Gasteiger partial charge in [-0.25, -0.2) is 16.8 Å². The molecule has 136 valence electrons. The molecular weight excluding hydrogens is 364 g/mol. The summed E-state index contributed by atoms with van der Waals surface area (Å²) in [7, 11) is -5.69. The van der Waals surface area contributed by atoms with Crippen LogP contribution in [0, 0.1) is 0 Å². The lowest BCUT2D eigenvalue weighted by Gasteiger charge is -2.17. The first-order chi connectivity index (χ1) is 11.6. The fraction of sp³-hybridized carbons (Fsp3) is 0.250. The lowest BCUT2D eigenvalue weighted by atomic mass is 10.3. The second-order valence-electron chi connectivity index (χ2n) is 5.29. The van der Waals surface area contributed by atoms with Crippen LogP contribution in [0.25, 0.3) is 0 Å². The zero-order valence-corrected chi connectivity index (χ0v) is 15.8. The van der Waals surface area contributed by atoms with Gasteiger partial charge in [-0.1, -0.05) is 0 Å². The normalized spacial score (nSPS) is 11.8. The van der Waals surface area contributed by atoms with Gasteiger partial charge in [-0.15, -0.1) is 0 Å². The number of nitrogens with zero attached hydrogens (tertiary/aromatic N) is 1. The molecule has 0 aliphatic carbocycles. The van der Waals surface area contributed by atoms with E-state index in [1.54, 1.807) is 12.1 Å². The molecule has 0 fully saturated rings. The molecule has 1 N–H and O–H groups in total. The van der Waals surface area contributed by atoms with Crippen molar-refractivity contribution in [3.8, 4) is 5.75 Å². The molecule has 0 radical (unpaired) electrons. The van der Waals surface area contributed by atoms with Gasteiger partial charge in [0.2, 0.25) is 10.0 Å². The zero-order valence-electron chi connectivity index (χ0n) is 14.1. The van der Waals surface area contributed by atoms with E-state index in [0.29, 0.717) is 23.7 Å². The van der Waals surface area contributed by atoms with E-state index >= 15 is 0 Å². The molecular formula is C16H20N2O5S2. The number of ether oxygens (including phenoxy) is 1. The lowest BCUT2D eigenvalue weighted by molar-refractivity contribution is 0.340. The van der Waals surface area contributed by atoms with Crippen molar-refractivity contribution in [2.75, 3.05) is 28.9 Å². The van der Waals surface area contributed by atoms with Crippen LogP contribution in [0.4, 0.5) is 11.4 Å². The van der Waals surface area contributed by atoms with Crippen molar-refractivity contribution in [2.24, 2.45) is 0 Å². The highest BCUT2D eigenvalue weighted by Crippen LogP contribution is 2.22. The first-order valence-corrected chi connectivity index (χ1v) is 10.8. The Hall–Kier alpha value is -2.26. The number of hydrogen-bond acceptors (Lipinski definition) is 5. The Balaban J connectivity index is 2.17. The fourth-order valence-electron chi connectivity index (χ4n) is 2.03. The first-order valence-electron chi connectivity index (χ1n) is 7.43. The van der Waals surface area contributed by atoms with E-state index in [-0.39, 0.29) is 4.90 Å². The minimum Gasteiger partial charge on any atom is -0.494 e. The summed E-state index contributed by atoms with van der Waals surface area (Å²) in [5.74, 6) is 0.592. The van der Waals surface area contributed by atoms with E-state index in [0.717, 1.165) is 10.6 Å². The van der Waals surface area contributed by atoms with Crippen LogP contribution in [0.15, 0.2) is 53.4 Å². The number of benzene rings is 2. The van der Waals surface area contributed by atoms with Gasteiger partial charge in [0.05, 0.1) is 23.4 Å². The molecule has 0 bridgehead atoms. The summed E-state index contributed by atoms with van der Waals surface area (Å²) in [6.07, 6.45) is 1.09. The molecule has 0 saturated carbocycles. The van der Waals surface area contributed by atoms with Gasteiger partial charge >= 0.3 is 0 Å². The second kappa shape index (κ2) is 7.32. The third-order valence-corrected chi connectivity index (χ3v) is 6.03. The average molecular weight is 384 g/mol. The molecule has 0 heterocycles. The van der Waals surface area contributed by atoms with Crippen LogP contribution in [-0.4, -0.2) is 36.7 Å². The largest absolute Gasteiger partial charge is 0.494 e. The molecule has 0 aliphatic rings. The molecule has 0 unspecified atom stereocenters. The monoisotopic (exact) mass is 384 g/mol. The van der Waals surface area contributed by atoms with Crippen molar-refractivity contribution in [3.63, 3.8) is 0 Å². The maximum atomic E-state index is 12.4. The zero-order chi connectivity index (χ0) is 18.7. The van der Waals surface area contributed by atoms with Gasteiger partial charge in [0.25, 0.3) is 10.0 Å². The molecule has 0 aromatic heterocycles. The highest BCUT2D eigenvalue weighted by atomic mass is 32.2. The molecule has 0 atom stereocenters. The van der Waals surface area contributed by atoms with E-state index in [2.05, 4.69) is 4.72 Å². The van der Waals surface area contributed by atoms with Crippen LogP contribution in [0.5, 0.6) is 5.75 Å². The van der Waals surface area contributed by atoms with Gasteiger partial charge in [-0.2, -0.15) is 0 Å². The maximum absolute atomic E-state index is 12.4. The topological polar surface area (TPSA) is 92.8 Å². The summed E-state index contributed by atoms with van der Waals surface area (Å²) < 4.78 is 56.6. The minimum absolute atomic E-state index is 0.105. The van der Waals surface area contributed by atoms with E-state index in [9.17, 15) is 16.8 Å². The minimum atomic E-state index is -3.74. The van der Waals surface area contributed by atoms with Crippen LogP contribution >= 0.6 is 0 Å². The van der Waals surface area contributed by atoms with E-state index in [1.165, 1.54) is 43.4 Å². The van der Waals surface area contributed by atoms with Gasteiger partial charge in [-0.3, -0.25) is 9.03 Å². The summed E-state index contributed by atoms with van der Waals surface area (Å²) >= 11 is 0. The predicted molar refractivity (Wildman–Crippen MR) is 98.1 cm³/mol. The van der Waals surface area contributed by atoms with Crippen LogP contribution in [0.2, 0.25) is 0 Å². The lowest BCUT2D eigenvalue weighted by Crippen LogP contribution is -2.24. The summed E-state index contributed by atoms with van der Waals surface area (Å²) in [6, 6.07) is 12.1. The van der Waals surface area contributed by atoms with Gasteiger partial charge < -0.3 is 4.74 Å². The van der Waals surface area contributed by atoms with Crippen LogP contribution in [0.3, 0.4) is 0 Å². The van der Waals surface area contributed by atoms with Gasteiger partial charge in [0.15, 0.2) is 0 Å².